The molecule has 0 bridgehead atoms. The first-order chi connectivity index (χ1) is 14.2. The van der Waals surface area contributed by atoms with Gasteiger partial charge in [0.15, 0.2) is 17.2 Å². The van der Waals surface area contributed by atoms with Crippen LogP contribution in [0.15, 0.2) is 41.2 Å². The van der Waals surface area contributed by atoms with E-state index in [9.17, 15) is 18.4 Å². The van der Waals surface area contributed by atoms with Gasteiger partial charge in [0.25, 0.3) is 5.91 Å². The minimum Gasteiger partial charge on any atom is -0.364 e. The first-order valence-corrected chi connectivity index (χ1v) is 9.01. The van der Waals surface area contributed by atoms with Gasteiger partial charge in [0.2, 0.25) is 0 Å². The van der Waals surface area contributed by atoms with Crippen molar-refractivity contribution in [2.24, 2.45) is 12.8 Å². The van der Waals surface area contributed by atoms with Crippen LogP contribution in [0.1, 0.15) is 21.6 Å². The standard InChI is InChI=1S/C21H17F2N5O2/c1-10-4-6-13(8-11(10)2)28-20-17(27(3)21(28)30)16(18(24)29)25-19(26-20)14-7-5-12(22)9-15(14)23/h4-9H,1-3H3,(H2,24,29). The summed E-state index contributed by atoms with van der Waals surface area (Å²) in [6, 6.07) is 8.31. The van der Waals surface area contributed by atoms with Gasteiger partial charge in [-0.15, -0.1) is 0 Å². The Labute approximate surface area is 169 Å². The van der Waals surface area contributed by atoms with Crippen molar-refractivity contribution in [2.45, 2.75) is 13.8 Å². The molecule has 4 rings (SSSR count). The number of nitrogens with zero attached hydrogens (tertiary/aromatic N) is 4. The van der Waals surface area contributed by atoms with Gasteiger partial charge in [-0.25, -0.2) is 28.1 Å². The number of hydrogen-bond donors (Lipinski definition) is 1. The highest BCUT2D eigenvalue weighted by molar-refractivity contribution is 6.02. The van der Waals surface area contributed by atoms with E-state index in [1.165, 1.54) is 16.2 Å². The van der Waals surface area contributed by atoms with Crippen molar-refractivity contribution in [1.29, 1.82) is 0 Å². The quantitative estimate of drug-likeness (QED) is 0.563. The SMILES string of the molecule is Cc1ccc(-n2c(=O)n(C)c3c(C(N)=O)nc(-c4ccc(F)cc4F)nc32)cc1C. The third-order valence-electron chi connectivity index (χ3n) is 5.05. The van der Waals surface area contributed by atoms with Crippen LogP contribution >= 0.6 is 0 Å². The second-order valence-corrected chi connectivity index (χ2v) is 7.00. The number of primary amides is 1. The molecule has 2 aromatic carbocycles. The lowest BCUT2D eigenvalue weighted by Gasteiger charge is -2.09. The Bertz CT molecular complexity index is 1410. The van der Waals surface area contributed by atoms with E-state index in [0.29, 0.717) is 11.8 Å². The normalized spacial score (nSPS) is 11.2. The van der Waals surface area contributed by atoms with Crippen LogP contribution < -0.4 is 11.4 Å². The van der Waals surface area contributed by atoms with Gasteiger partial charge >= 0.3 is 5.69 Å². The van der Waals surface area contributed by atoms with Crippen LogP contribution in [0.25, 0.3) is 28.2 Å². The smallest absolute Gasteiger partial charge is 0.334 e. The first kappa shape index (κ1) is 19.4. The molecule has 2 heterocycles. The molecule has 0 aliphatic rings. The first-order valence-electron chi connectivity index (χ1n) is 9.01. The van der Waals surface area contributed by atoms with Gasteiger partial charge in [0.1, 0.15) is 17.2 Å². The highest BCUT2D eigenvalue weighted by Crippen LogP contribution is 2.25. The van der Waals surface area contributed by atoms with Crippen molar-refractivity contribution in [2.75, 3.05) is 0 Å². The summed E-state index contributed by atoms with van der Waals surface area (Å²) in [6.45, 7) is 3.84. The van der Waals surface area contributed by atoms with Crippen LogP contribution in [0.3, 0.4) is 0 Å². The van der Waals surface area contributed by atoms with Gasteiger partial charge in [0, 0.05) is 13.1 Å². The summed E-state index contributed by atoms with van der Waals surface area (Å²) >= 11 is 0. The van der Waals surface area contributed by atoms with E-state index in [-0.39, 0.29) is 28.2 Å². The van der Waals surface area contributed by atoms with Crippen molar-refractivity contribution in [3.63, 3.8) is 0 Å². The molecule has 9 heteroatoms. The summed E-state index contributed by atoms with van der Waals surface area (Å²) in [5.74, 6) is -2.75. The van der Waals surface area contributed by atoms with E-state index < -0.39 is 23.2 Å². The van der Waals surface area contributed by atoms with E-state index in [1.54, 1.807) is 12.1 Å². The lowest BCUT2D eigenvalue weighted by atomic mass is 10.1. The Balaban J connectivity index is 2.12. The molecule has 30 heavy (non-hydrogen) atoms. The number of carbonyl (C=O) groups is 1. The van der Waals surface area contributed by atoms with Crippen molar-refractivity contribution < 1.29 is 13.6 Å². The number of carbonyl (C=O) groups excluding carboxylic acids is 1. The Morgan fingerprint density at radius 2 is 1.77 bits per heavy atom. The molecule has 4 aromatic rings. The summed E-state index contributed by atoms with van der Waals surface area (Å²) in [5.41, 5.74) is 7.38. The zero-order valence-electron chi connectivity index (χ0n) is 16.4. The van der Waals surface area contributed by atoms with Gasteiger partial charge in [-0.2, -0.15) is 0 Å². The van der Waals surface area contributed by atoms with Gasteiger partial charge in [0.05, 0.1) is 11.3 Å². The number of aromatic nitrogens is 4. The van der Waals surface area contributed by atoms with E-state index in [4.69, 9.17) is 5.73 Å². The highest BCUT2D eigenvalue weighted by Gasteiger charge is 2.23. The van der Waals surface area contributed by atoms with Crippen LogP contribution in [-0.4, -0.2) is 25.0 Å². The number of halogens is 2. The van der Waals surface area contributed by atoms with Crippen molar-refractivity contribution in [3.05, 3.63) is 75.3 Å². The number of amides is 1. The zero-order valence-corrected chi connectivity index (χ0v) is 16.4. The molecular formula is C21H17F2N5O2. The Kier molecular flexibility index (Phi) is 4.45. The fraction of sp³-hybridized carbons (Fsp3) is 0.143. The maximum atomic E-state index is 14.4. The molecule has 0 aliphatic heterocycles. The summed E-state index contributed by atoms with van der Waals surface area (Å²) in [7, 11) is 1.47. The number of benzene rings is 2. The van der Waals surface area contributed by atoms with Gasteiger partial charge in [-0.05, 0) is 49.2 Å². The van der Waals surface area contributed by atoms with Crippen LogP contribution in [0.5, 0.6) is 0 Å². The Morgan fingerprint density at radius 3 is 2.40 bits per heavy atom. The van der Waals surface area contributed by atoms with Crippen LogP contribution in [0.4, 0.5) is 8.78 Å². The second-order valence-electron chi connectivity index (χ2n) is 7.00. The molecule has 7 nitrogen and oxygen atoms in total. The summed E-state index contributed by atoms with van der Waals surface area (Å²) in [5, 5.41) is 0. The fourth-order valence-electron chi connectivity index (χ4n) is 3.30. The average Bonchev–Trinajstić information content (AvgIpc) is 2.94. The number of nitrogens with two attached hydrogens (primary N) is 1. The molecule has 0 saturated heterocycles. The molecule has 0 radical (unpaired) electrons. The predicted molar refractivity (Wildman–Crippen MR) is 107 cm³/mol. The third kappa shape index (κ3) is 2.95. The lowest BCUT2D eigenvalue weighted by molar-refractivity contribution is 0.0997. The van der Waals surface area contributed by atoms with E-state index in [1.807, 2.05) is 19.9 Å². The molecule has 0 spiro atoms. The van der Waals surface area contributed by atoms with Gasteiger partial charge in [-0.1, -0.05) is 6.07 Å². The Hall–Kier alpha value is -3.88. The van der Waals surface area contributed by atoms with Crippen LogP contribution in [0.2, 0.25) is 0 Å². The Morgan fingerprint density at radius 1 is 1.03 bits per heavy atom. The molecule has 1 amide bonds. The van der Waals surface area contributed by atoms with E-state index in [2.05, 4.69) is 9.97 Å². The molecule has 2 N–H and O–H groups in total. The van der Waals surface area contributed by atoms with Crippen LogP contribution in [0, 0.1) is 25.5 Å². The number of fused-ring (bicyclic) bond motifs is 1. The molecule has 0 atom stereocenters. The van der Waals surface area contributed by atoms with E-state index in [0.717, 1.165) is 23.3 Å². The van der Waals surface area contributed by atoms with Crippen molar-refractivity contribution in [3.8, 4) is 17.1 Å². The predicted octanol–water partition coefficient (Wildman–Crippen LogP) is 2.78. The van der Waals surface area contributed by atoms with Gasteiger partial charge < -0.3 is 5.73 Å². The summed E-state index contributed by atoms with van der Waals surface area (Å²) in [4.78, 5) is 33.5. The zero-order chi connectivity index (χ0) is 21.7. The number of aryl methyl sites for hydroxylation is 3. The number of imidazole rings is 1. The third-order valence-corrected chi connectivity index (χ3v) is 5.05. The minimum atomic E-state index is -0.904. The molecule has 0 fully saturated rings. The molecule has 0 saturated carbocycles. The monoisotopic (exact) mass is 409 g/mol. The fourth-order valence-corrected chi connectivity index (χ4v) is 3.30. The topological polar surface area (TPSA) is 95.8 Å². The largest absolute Gasteiger partial charge is 0.364 e. The highest BCUT2D eigenvalue weighted by atomic mass is 19.1. The average molecular weight is 409 g/mol. The molecule has 152 valence electrons. The second kappa shape index (κ2) is 6.87. The van der Waals surface area contributed by atoms with Crippen molar-refractivity contribution in [1.82, 2.24) is 19.1 Å². The number of hydrogen-bond acceptors (Lipinski definition) is 4. The molecule has 2 aromatic heterocycles. The molecule has 0 aliphatic carbocycles. The van der Waals surface area contributed by atoms with E-state index >= 15 is 0 Å². The lowest BCUT2D eigenvalue weighted by Crippen LogP contribution is -2.21. The minimum absolute atomic E-state index is 0.0910. The molecule has 0 unspecified atom stereocenters. The van der Waals surface area contributed by atoms with Gasteiger partial charge in [-0.3, -0.25) is 9.36 Å². The van der Waals surface area contributed by atoms with Crippen molar-refractivity contribution >= 4 is 17.1 Å². The summed E-state index contributed by atoms with van der Waals surface area (Å²) < 4.78 is 30.2. The summed E-state index contributed by atoms with van der Waals surface area (Å²) in [6.07, 6.45) is 0. The maximum Gasteiger partial charge on any atom is 0.334 e. The maximum absolute atomic E-state index is 14.4. The van der Waals surface area contributed by atoms with Crippen LogP contribution in [-0.2, 0) is 7.05 Å². The number of rotatable bonds is 3. The molecular weight excluding hydrogens is 392 g/mol.